The fourth-order valence-electron chi connectivity index (χ4n) is 1.84. The Morgan fingerprint density at radius 2 is 2.53 bits per heavy atom. The number of thiophene rings is 1. The fraction of sp³-hybridized carbons (Fsp3) is 0.500. The Kier molecular flexibility index (Phi) is 3.35. The summed E-state index contributed by atoms with van der Waals surface area (Å²) >= 11 is 1.58. The van der Waals surface area contributed by atoms with Gasteiger partial charge in [-0.25, -0.2) is 0 Å². The number of aliphatic hydroxyl groups excluding tert-OH is 1. The predicted octanol–water partition coefficient (Wildman–Crippen LogP) is 0.213. The zero-order valence-electron chi connectivity index (χ0n) is 8.35. The normalized spacial score (nSPS) is 22.7. The number of carbonyl (C=O) groups is 1. The number of carbonyl (C=O) groups excluding carboxylic acids is 1. The van der Waals surface area contributed by atoms with E-state index in [1.165, 1.54) is 0 Å². The quantitative estimate of drug-likeness (QED) is 0.775. The van der Waals surface area contributed by atoms with Gasteiger partial charge in [0, 0.05) is 24.5 Å². The molecule has 0 aromatic carbocycles. The van der Waals surface area contributed by atoms with Crippen molar-refractivity contribution in [3.8, 4) is 0 Å². The zero-order chi connectivity index (χ0) is 10.7. The van der Waals surface area contributed by atoms with E-state index in [4.69, 9.17) is 5.11 Å². The van der Waals surface area contributed by atoms with Crippen molar-refractivity contribution in [1.82, 2.24) is 10.2 Å². The van der Waals surface area contributed by atoms with Gasteiger partial charge in [0.05, 0.1) is 6.61 Å². The number of aliphatic hydroxyl groups is 1. The van der Waals surface area contributed by atoms with Crippen LogP contribution in [0.25, 0.3) is 0 Å². The van der Waals surface area contributed by atoms with E-state index >= 15 is 0 Å². The van der Waals surface area contributed by atoms with Gasteiger partial charge < -0.3 is 10.4 Å². The maximum absolute atomic E-state index is 11.8. The van der Waals surface area contributed by atoms with Crippen molar-refractivity contribution < 1.29 is 9.90 Å². The summed E-state index contributed by atoms with van der Waals surface area (Å²) in [6.45, 7) is 2.11. The van der Waals surface area contributed by atoms with Crippen LogP contribution in [0.2, 0.25) is 0 Å². The maximum atomic E-state index is 11.8. The number of amides is 1. The van der Waals surface area contributed by atoms with Gasteiger partial charge in [-0.15, -0.1) is 11.3 Å². The van der Waals surface area contributed by atoms with Crippen LogP contribution in [0.1, 0.15) is 10.9 Å². The smallest absolute Gasteiger partial charge is 0.242 e. The topological polar surface area (TPSA) is 52.6 Å². The molecule has 1 aliphatic rings. The zero-order valence-corrected chi connectivity index (χ0v) is 9.17. The Labute approximate surface area is 92.5 Å². The molecule has 0 radical (unpaired) electrons. The highest BCUT2D eigenvalue weighted by molar-refractivity contribution is 7.10. The average molecular weight is 226 g/mol. The molecule has 1 atom stereocenters. The molecule has 15 heavy (non-hydrogen) atoms. The van der Waals surface area contributed by atoms with Crippen molar-refractivity contribution in [1.29, 1.82) is 0 Å². The number of nitrogens with one attached hydrogen (secondary N) is 1. The molecule has 4 nitrogen and oxygen atoms in total. The van der Waals surface area contributed by atoms with E-state index in [-0.39, 0.29) is 18.6 Å². The highest BCUT2D eigenvalue weighted by atomic mass is 32.1. The lowest BCUT2D eigenvalue weighted by Gasteiger charge is -2.33. The third kappa shape index (κ3) is 2.19. The first-order chi connectivity index (χ1) is 7.33. The standard InChI is InChI=1S/C10H14N2O2S/c13-6-5-12-4-3-11-10(14)9(12)8-2-1-7-15-8/h1-2,7,9,13H,3-6H2,(H,11,14)/t9-/m0/s1. The molecule has 1 amide bonds. The van der Waals surface area contributed by atoms with Gasteiger partial charge in [0.1, 0.15) is 6.04 Å². The molecule has 0 aliphatic carbocycles. The minimum Gasteiger partial charge on any atom is -0.395 e. The van der Waals surface area contributed by atoms with Gasteiger partial charge in [-0.1, -0.05) is 6.07 Å². The number of hydrogen-bond acceptors (Lipinski definition) is 4. The largest absolute Gasteiger partial charge is 0.395 e. The molecule has 1 fully saturated rings. The van der Waals surface area contributed by atoms with Crippen LogP contribution in [-0.4, -0.2) is 42.2 Å². The molecular weight excluding hydrogens is 212 g/mol. The third-order valence-electron chi connectivity index (χ3n) is 2.51. The van der Waals surface area contributed by atoms with Crippen molar-refractivity contribution in [3.05, 3.63) is 22.4 Å². The van der Waals surface area contributed by atoms with Gasteiger partial charge in [0.2, 0.25) is 5.91 Å². The van der Waals surface area contributed by atoms with Gasteiger partial charge >= 0.3 is 0 Å². The van der Waals surface area contributed by atoms with Gasteiger partial charge in [-0.05, 0) is 11.4 Å². The van der Waals surface area contributed by atoms with Crippen molar-refractivity contribution in [2.75, 3.05) is 26.2 Å². The van der Waals surface area contributed by atoms with Gasteiger partial charge in [0.25, 0.3) is 0 Å². The summed E-state index contributed by atoms with van der Waals surface area (Å²) in [6, 6.07) is 3.69. The molecule has 0 bridgehead atoms. The predicted molar refractivity (Wildman–Crippen MR) is 58.7 cm³/mol. The monoisotopic (exact) mass is 226 g/mol. The molecular formula is C10H14N2O2S. The summed E-state index contributed by atoms with van der Waals surface area (Å²) in [5, 5.41) is 13.8. The first-order valence-electron chi connectivity index (χ1n) is 4.99. The van der Waals surface area contributed by atoms with Crippen LogP contribution in [0.4, 0.5) is 0 Å². The SMILES string of the molecule is O=C1NCCN(CCO)[C@H]1c1cccs1. The number of piperazine rings is 1. The second-order valence-electron chi connectivity index (χ2n) is 3.47. The van der Waals surface area contributed by atoms with Crippen molar-refractivity contribution in [2.45, 2.75) is 6.04 Å². The maximum Gasteiger partial charge on any atom is 0.242 e. The van der Waals surface area contributed by atoms with Crippen molar-refractivity contribution in [2.24, 2.45) is 0 Å². The Bertz CT molecular complexity index is 324. The average Bonchev–Trinajstić information content (AvgIpc) is 2.71. The van der Waals surface area contributed by atoms with Crippen LogP contribution in [0.3, 0.4) is 0 Å². The summed E-state index contributed by atoms with van der Waals surface area (Å²) < 4.78 is 0. The minimum absolute atomic E-state index is 0.0390. The van der Waals surface area contributed by atoms with Crippen LogP contribution >= 0.6 is 11.3 Å². The molecule has 2 N–H and O–H groups in total. The van der Waals surface area contributed by atoms with Gasteiger partial charge in [-0.2, -0.15) is 0 Å². The number of hydrogen-bond donors (Lipinski definition) is 2. The molecule has 0 saturated carbocycles. The Balaban J connectivity index is 2.19. The molecule has 2 heterocycles. The second-order valence-corrected chi connectivity index (χ2v) is 4.45. The Morgan fingerprint density at radius 1 is 1.67 bits per heavy atom. The summed E-state index contributed by atoms with van der Waals surface area (Å²) in [5.41, 5.74) is 0. The van der Waals surface area contributed by atoms with E-state index in [1.807, 2.05) is 22.4 Å². The summed E-state index contributed by atoms with van der Waals surface area (Å²) in [5.74, 6) is 0.0390. The molecule has 1 aromatic heterocycles. The molecule has 1 aromatic rings. The van der Waals surface area contributed by atoms with E-state index in [0.717, 1.165) is 11.4 Å². The molecule has 1 saturated heterocycles. The lowest BCUT2D eigenvalue weighted by Crippen LogP contribution is -2.50. The number of nitrogens with zero attached hydrogens (tertiary/aromatic N) is 1. The van der Waals surface area contributed by atoms with E-state index in [0.29, 0.717) is 13.1 Å². The summed E-state index contributed by atoms with van der Waals surface area (Å²) in [4.78, 5) is 14.8. The third-order valence-corrected chi connectivity index (χ3v) is 3.44. The highest BCUT2D eigenvalue weighted by Crippen LogP contribution is 2.26. The molecule has 0 spiro atoms. The van der Waals surface area contributed by atoms with E-state index < -0.39 is 0 Å². The molecule has 0 unspecified atom stereocenters. The van der Waals surface area contributed by atoms with Crippen molar-refractivity contribution >= 4 is 17.2 Å². The van der Waals surface area contributed by atoms with Crippen LogP contribution in [0.15, 0.2) is 17.5 Å². The van der Waals surface area contributed by atoms with E-state index in [9.17, 15) is 4.79 Å². The van der Waals surface area contributed by atoms with Crippen LogP contribution < -0.4 is 5.32 Å². The van der Waals surface area contributed by atoms with Crippen LogP contribution in [-0.2, 0) is 4.79 Å². The molecule has 82 valence electrons. The van der Waals surface area contributed by atoms with Gasteiger partial charge in [0.15, 0.2) is 0 Å². The molecule has 1 aliphatic heterocycles. The van der Waals surface area contributed by atoms with E-state index in [2.05, 4.69) is 5.32 Å². The van der Waals surface area contributed by atoms with Crippen LogP contribution in [0, 0.1) is 0 Å². The second kappa shape index (κ2) is 4.74. The Hall–Kier alpha value is -0.910. The minimum atomic E-state index is -0.217. The fourth-order valence-corrected chi connectivity index (χ4v) is 2.70. The first-order valence-corrected chi connectivity index (χ1v) is 5.87. The number of rotatable bonds is 3. The van der Waals surface area contributed by atoms with Gasteiger partial charge in [-0.3, -0.25) is 9.69 Å². The lowest BCUT2D eigenvalue weighted by molar-refractivity contribution is -0.129. The van der Waals surface area contributed by atoms with Crippen molar-refractivity contribution in [3.63, 3.8) is 0 Å². The molecule has 5 heteroatoms. The van der Waals surface area contributed by atoms with E-state index in [1.54, 1.807) is 11.3 Å². The summed E-state index contributed by atoms with van der Waals surface area (Å²) in [6.07, 6.45) is 0. The van der Waals surface area contributed by atoms with Crippen LogP contribution in [0.5, 0.6) is 0 Å². The highest BCUT2D eigenvalue weighted by Gasteiger charge is 2.31. The summed E-state index contributed by atoms with van der Waals surface area (Å²) in [7, 11) is 0. The Morgan fingerprint density at radius 3 is 3.20 bits per heavy atom. The molecule has 2 rings (SSSR count). The number of β-amino-alcohol motifs (C(OH)–C–C–N with tert-alkyl or cyclic N) is 1. The lowest BCUT2D eigenvalue weighted by atomic mass is 10.1. The first kappa shape index (κ1) is 10.6.